The van der Waals surface area contributed by atoms with E-state index in [1.807, 2.05) is 0 Å². The summed E-state index contributed by atoms with van der Waals surface area (Å²) in [7, 11) is 0. The van der Waals surface area contributed by atoms with E-state index in [-0.39, 0.29) is 11.4 Å². The van der Waals surface area contributed by atoms with Crippen LogP contribution in [-0.2, 0) is 0 Å². The maximum absolute atomic E-state index is 11.8. The van der Waals surface area contributed by atoms with E-state index in [0.717, 1.165) is 19.5 Å². The van der Waals surface area contributed by atoms with E-state index < -0.39 is 0 Å². The largest absolute Gasteiger partial charge is 0.346 e. The number of hydrogen-bond acceptors (Lipinski definition) is 3. The van der Waals surface area contributed by atoms with Crippen LogP contribution >= 0.6 is 0 Å². The summed E-state index contributed by atoms with van der Waals surface area (Å²) in [4.78, 5) is 15.8. The first-order valence-corrected chi connectivity index (χ1v) is 5.13. The van der Waals surface area contributed by atoms with Gasteiger partial charge in [-0.15, -0.1) is 0 Å². The van der Waals surface area contributed by atoms with E-state index in [1.54, 1.807) is 24.5 Å². The number of pyridine rings is 1. The molecule has 1 saturated heterocycles. The van der Waals surface area contributed by atoms with Gasteiger partial charge in [-0.3, -0.25) is 9.78 Å². The zero-order valence-corrected chi connectivity index (χ0v) is 8.79. The molecule has 2 rings (SSSR count). The summed E-state index contributed by atoms with van der Waals surface area (Å²) in [5, 5.41) is 6.27. The fraction of sp³-hybridized carbons (Fsp3) is 0.455. The third-order valence-electron chi connectivity index (χ3n) is 2.71. The minimum Gasteiger partial charge on any atom is -0.346 e. The number of aromatic nitrogens is 1. The van der Waals surface area contributed by atoms with Crippen molar-refractivity contribution in [2.45, 2.75) is 18.9 Å². The van der Waals surface area contributed by atoms with Crippen molar-refractivity contribution in [3.05, 3.63) is 30.1 Å². The lowest BCUT2D eigenvalue weighted by molar-refractivity contribution is 0.0912. The Morgan fingerprint density at radius 3 is 3.13 bits per heavy atom. The van der Waals surface area contributed by atoms with Crippen LogP contribution in [0.5, 0.6) is 0 Å². The third-order valence-corrected chi connectivity index (χ3v) is 2.71. The van der Waals surface area contributed by atoms with Gasteiger partial charge in [0.05, 0.1) is 11.1 Å². The predicted octanol–water partition coefficient (Wildman–Crippen LogP) is 0.563. The number of nitrogens with one attached hydrogen (secondary N) is 2. The molecule has 0 radical (unpaired) electrons. The highest BCUT2D eigenvalue weighted by Gasteiger charge is 2.30. The molecule has 4 heteroatoms. The quantitative estimate of drug-likeness (QED) is 0.742. The Bertz CT molecular complexity index is 344. The maximum atomic E-state index is 11.8. The second kappa shape index (κ2) is 3.98. The van der Waals surface area contributed by atoms with Crippen LogP contribution in [0.15, 0.2) is 24.5 Å². The molecule has 2 heterocycles. The van der Waals surface area contributed by atoms with Crippen LogP contribution in [0, 0.1) is 0 Å². The molecule has 1 aromatic rings. The molecule has 0 spiro atoms. The molecule has 1 aliphatic rings. The van der Waals surface area contributed by atoms with Gasteiger partial charge in [-0.2, -0.15) is 0 Å². The average Bonchev–Trinajstić information content (AvgIpc) is 2.66. The smallest absolute Gasteiger partial charge is 0.253 e. The summed E-state index contributed by atoms with van der Waals surface area (Å²) in [5.41, 5.74) is 0.498. The van der Waals surface area contributed by atoms with E-state index in [1.165, 1.54) is 0 Å². The Labute approximate surface area is 89.1 Å². The first-order valence-electron chi connectivity index (χ1n) is 5.13. The monoisotopic (exact) mass is 205 g/mol. The van der Waals surface area contributed by atoms with Crippen molar-refractivity contribution in [3.8, 4) is 0 Å². The number of hydrogen-bond donors (Lipinski definition) is 2. The number of amides is 1. The molecule has 1 atom stereocenters. The first kappa shape index (κ1) is 10.1. The molecule has 1 aromatic heterocycles. The van der Waals surface area contributed by atoms with Gasteiger partial charge in [0.1, 0.15) is 0 Å². The van der Waals surface area contributed by atoms with Gasteiger partial charge >= 0.3 is 0 Å². The molecule has 0 saturated carbocycles. The first-order chi connectivity index (χ1) is 7.20. The van der Waals surface area contributed by atoms with Crippen molar-refractivity contribution in [3.63, 3.8) is 0 Å². The molecular weight excluding hydrogens is 190 g/mol. The highest BCUT2D eigenvalue weighted by molar-refractivity contribution is 5.94. The Hall–Kier alpha value is -1.42. The fourth-order valence-electron chi connectivity index (χ4n) is 1.77. The van der Waals surface area contributed by atoms with Gasteiger partial charge in [0.2, 0.25) is 0 Å². The number of carbonyl (C=O) groups excluding carboxylic acids is 1. The molecule has 80 valence electrons. The van der Waals surface area contributed by atoms with E-state index in [4.69, 9.17) is 0 Å². The molecule has 1 amide bonds. The van der Waals surface area contributed by atoms with Crippen molar-refractivity contribution >= 4 is 5.91 Å². The third kappa shape index (κ3) is 2.33. The Morgan fingerprint density at radius 2 is 2.53 bits per heavy atom. The molecule has 1 fully saturated rings. The van der Waals surface area contributed by atoms with Crippen molar-refractivity contribution < 1.29 is 4.79 Å². The molecule has 1 aliphatic heterocycles. The summed E-state index contributed by atoms with van der Waals surface area (Å²) in [6.07, 6.45) is 4.22. The molecule has 0 bridgehead atoms. The lowest BCUT2D eigenvalue weighted by Crippen LogP contribution is -2.47. The molecule has 0 aliphatic carbocycles. The lowest BCUT2D eigenvalue weighted by atomic mass is 10.0. The normalized spacial score (nSPS) is 25.1. The average molecular weight is 205 g/mol. The SMILES string of the molecule is CC1(NC(=O)c2cccnc2)CCNC1. The predicted molar refractivity (Wildman–Crippen MR) is 57.6 cm³/mol. The topological polar surface area (TPSA) is 54.0 Å². The number of rotatable bonds is 2. The summed E-state index contributed by atoms with van der Waals surface area (Å²) in [6, 6.07) is 3.54. The van der Waals surface area contributed by atoms with Crippen LogP contribution in [0.4, 0.5) is 0 Å². The van der Waals surface area contributed by atoms with Crippen molar-refractivity contribution in [2.24, 2.45) is 0 Å². The minimum absolute atomic E-state index is 0.0469. The van der Waals surface area contributed by atoms with Crippen LogP contribution in [0.25, 0.3) is 0 Å². The Balaban J connectivity index is 2.04. The second-order valence-corrected chi connectivity index (χ2v) is 4.18. The van der Waals surface area contributed by atoms with Crippen LogP contribution in [0.2, 0.25) is 0 Å². The van der Waals surface area contributed by atoms with Crippen molar-refractivity contribution in [1.82, 2.24) is 15.6 Å². The molecule has 4 nitrogen and oxygen atoms in total. The molecule has 2 N–H and O–H groups in total. The van der Waals surface area contributed by atoms with Gasteiger partial charge in [0, 0.05) is 18.9 Å². The lowest BCUT2D eigenvalue weighted by Gasteiger charge is -2.24. The molecule has 0 aromatic carbocycles. The van der Waals surface area contributed by atoms with Gasteiger partial charge in [-0.25, -0.2) is 0 Å². The van der Waals surface area contributed by atoms with Crippen LogP contribution in [0.3, 0.4) is 0 Å². The maximum Gasteiger partial charge on any atom is 0.253 e. The Morgan fingerprint density at radius 1 is 1.67 bits per heavy atom. The van der Waals surface area contributed by atoms with Crippen LogP contribution < -0.4 is 10.6 Å². The summed E-state index contributed by atoms with van der Waals surface area (Å²) in [6.45, 7) is 3.85. The van der Waals surface area contributed by atoms with Crippen molar-refractivity contribution in [1.29, 1.82) is 0 Å². The van der Waals surface area contributed by atoms with E-state index >= 15 is 0 Å². The summed E-state index contributed by atoms with van der Waals surface area (Å²) in [5.74, 6) is -0.0469. The highest BCUT2D eigenvalue weighted by atomic mass is 16.1. The second-order valence-electron chi connectivity index (χ2n) is 4.18. The molecule has 15 heavy (non-hydrogen) atoms. The molecular formula is C11H15N3O. The number of nitrogens with zero attached hydrogens (tertiary/aromatic N) is 1. The highest BCUT2D eigenvalue weighted by Crippen LogP contribution is 2.13. The molecule has 1 unspecified atom stereocenters. The van der Waals surface area contributed by atoms with Gasteiger partial charge in [-0.1, -0.05) is 0 Å². The van der Waals surface area contributed by atoms with Gasteiger partial charge < -0.3 is 10.6 Å². The summed E-state index contributed by atoms with van der Waals surface area (Å²) >= 11 is 0. The van der Waals surface area contributed by atoms with E-state index in [2.05, 4.69) is 22.5 Å². The number of carbonyl (C=O) groups is 1. The van der Waals surface area contributed by atoms with Gasteiger partial charge in [0.15, 0.2) is 0 Å². The van der Waals surface area contributed by atoms with Gasteiger partial charge in [0.25, 0.3) is 5.91 Å². The zero-order chi connectivity index (χ0) is 10.7. The fourth-order valence-corrected chi connectivity index (χ4v) is 1.77. The van der Waals surface area contributed by atoms with Crippen LogP contribution in [0.1, 0.15) is 23.7 Å². The van der Waals surface area contributed by atoms with E-state index in [9.17, 15) is 4.79 Å². The van der Waals surface area contributed by atoms with Crippen molar-refractivity contribution in [2.75, 3.05) is 13.1 Å². The minimum atomic E-state index is -0.118. The van der Waals surface area contributed by atoms with E-state index in [0.29, 0.717) is 5.56 Å². The zero-order valence-electron chi connectivity index (χ0n) is 8.79. The van der Waals surface area contributed by atoms with Crippen LogP contribution in [-0.4, -0.2) is 29.5 Å². The Kier molecular flexibility index (Phi) is 2.68. The summed E-state index contributed by atoms with van der Waals surface area (Å²) < 4.78 is 0. The standard InChI is InChI=1S/C11H15N3O/c1-11(4-6-13-8-11)14-10(15)9-3-2-5-12-7-9/h2-3,5,7,13H,4,6,8H2,1H3,(H,14,15). The van der Waals surface area contributed by atoms with Gasteiger partial charge in [-0.05, 0) is 32.0 Å².